The molecule has 0 unspecified atom stereocenters. The van der Waals surface area contributed by atoms with Crippen LogP contribution in [0.3, 0.4) is 0 Å². The lowest BCUT2D eigenvalue weighted by molar-refractivity contribution is 0.890. The molecule has 0 aliphatic rings. The van der Waals surface area contributed by atoms with E-state index in [0.29, 0.717) is 5.92 Å². The summed E-state index contributed by atoms with van der Waals surface area (Å²) in [7, 11) is 0. The summed E-state index contributed by atoms with van der Waals surface area (Å²) in [6.07, 6.45) is 0. The second kappa shape index (κ2) is 2.84. The highest BCUT2D eigenvalue weighted by Gasteiger charge is 2.10. The number of nitrogens with one attached hydrogen (secondary N) is 1. The molecule has 0 aromatic carbocycles. The van der Waals surface area contributed by atoms with Crippen LogP contribution in [0.5, 0.6) is 0 Å². The maximum absolute atomic E-state index is 3.46. The standard InChI is InChI=1S/C11H11NS2/c1-6(2)9-5-8-10(14-9)7-3-4-13-11(7)12-8/h3-6,12H,1-2H3. The molecule has 1 N–H and O–H groups in total. The zero-order valence-electron chi connectivity index (χ0n) is 8.13. The highest BCUT2D eigenvalue weighted by atomic mass is 32.1. The lowest BCUT2D eigenvalue weighted by Crippen LogP contribution is -1.78. The second-order valence-corrected chi connectivity index (χ2v) is 5.83. The van der Waals surface area contributed by atoms with Crippen molar-refractivity contribution in [2.45, 2.75) is 19.8 Å². The summed E-state index contributed by atoms with van der Waals surface area (Å²) >= 11 is 3.70. The van der Waals surface area contributed by atoms with Gasteiger partial charge < -0.3 is 4.98 Å². The highest BCUT2D eigenvalue weighted by molar-refractivity contribution is 7.22. The molecule has 0 aliphatic heterocycles. The number of thiophene rings is 2. The molecule has 0 saturated carbocycles. The molecule has 3 aromatic rings. The predicted octanol–water partition coefficient (Wildman–Crippen LogP) is 4.57. The van der Waals surface area contributed by atoms with Crippen molar-refractivity contribution in [3.63, 3.8) is 0 Å². The monoisotopic (exact) mass is 221 g/mol. The quantitative estimate of drug-likeness (QED) is 0.619. The minimum Gasteiger partial charge on any atom is -0.346 e. The fraction of sp³-hybridized carbons (Fsp3) is 0.273. The highest BCUT2D eigenvalue weighted by Crippen LogP contribution is 2.37. The van der Waals surface area contributed by atoms with Crippen LogP contribution in [0.1, 0.15) is 24.6 Å². The number of hydrogen-bond acceptors (Lipinski definition) is 2. The Hall–Kier alpha value is -0.800. The molecule has 0 spiro atoms. The van der Waals surface area contributed by atoms with E-state index >= 15 is 0 Å². The third-order valence-electron chi connectivity index (χ3n) is 2.48. The van der Waals surface area contributed by atoms with Crippen molar-refractivity contribution in [1.82, 2.24) is 4.98 Å². The van der Waals surface area contributed by atoms with Gasteiger partial charge >= 0.3 is 0 Å². The Morgan fingerprint density at radius 3 is 3.00 bits per heavy atom. The van der Waals surface area contributed by atoms with E-state index in [-0.39, 0.29) is 0 Å². The van der Waals surface area contributed by atoms with E-state index < -0.39 is 0 Å². The van der Waals surface area contributed by atoms with Gasteiger partial charge in [0.05, 0.1) is 10.2 Å². The lowest BCUT2D eigenvalue weighted by Gasteiger charge is -1.96. The Bertz CT molecular complexity index is 583. The van der Waals surface area contributed by atoms with Crippen molar-refractivity contribution in [3.05, 3.63) is 22.4 Å². The van der Waals surface area contributed by atoms with E-state index in [9.17, 15) is 0 Å². The molecule has 1 nitrogen and oxygen atoms in total. The molecule has 3 heteroatoms. The molecule has 3 rings (SSSR count). The SMILES string of the molecule is CC(C)c1cc2[nH]c3sccc3c2s1. The first-order chi connectivity index (χ1) is 6.75. The van der Waals surface area contributed by atoms with Crippen LogP contribution in [0.2, 0.25) is 0 Å². The summed E-state index contributed by atoms with van der Waals surface area (Å²) in [4.78, 5) is 6.24. The Morgan fingerprint density at radius 1 is 1.36 bits per heavy atom. The van der Waals surface area contributed by atoms with Crippen LogP contribution >= 0.6 is 22.7 Å². The van der Waals surface area contributed by atoms with Gasteiger partial charge in [-0.3, -0.25) is 0 Å². The molecule has 0 amide bonds. The van der Waals surface area contributed by atoms with Gasteiger partial charge in [0.2, 0.25) is 0 Å². The molecule has 72 valence electrons. The second-order valence-electron chi connectivity index (χ2n) is 3.83. The Balaban J connectivity index is 2.37. The first-order valence-electron chi connectivity index (χ1n) is 4.74. The van der Waals surface area contributed by atoms with Crippen LogP contribution in [-0.2, 0) is 0 Å². The lowest BCUT2D eigenvalue weighted by atomic mass is 10.2. The molecule has 0 atom stereocenters. The van der Waals surface area contributed by atoms with E-state index in [1.165, 1.54) is 25.3 Å². The minimum absolute atomic E-state index is 0.634. The third-order valence-corrected chi connectivity index (χ3v) is 4.78. The van der Waals surface area contributed by atoms with Crippen LogP contribution in [0.15, 0.2) is 17.5 Å². The molecule has 3 aromatic heterocycles. The summed E-state index contributed by atoms with van der Waals surface area (Å²) in [6.45, 7) is 4.49. The summed E-state index contributed by atoms with van der Waals surface area (Å²) in [5.41, 5.74) is 1.31. The Labute approximate surface area is 90.4 Å². The van der Waals surface area contributed by atoms with Gasteiger partial charge in [0.25, 0.3) is 0 Å². The van der Waals surface area contributed by atoms with Crippen LogP contribution in [-0.4, -0.2) is 4.98 Å². The van der Waals surface area contributed by atoms with Gasteiger partial charge in [0.1, 0.15) is 4.83 Å². The predicted molar refractivity (Wildman–Crippen MR) is 65.6 cm³/mol. The molecule has 3 heterocycles. The number of H-pyrrole nitrogens is 1. The summed E-state index contributed by atoms with van der Waals surface area (Å²) in [5, 5.41) is 3.54. The van der Waals surface area contributed by atoms with Crippen LogP contribution in [0.25, 0.3) is 20.4 Å². The first-order valence-corrected chi connectivity index (χ1v) is 6.44. The van der Waals surface area contributed by atoms with E-state index in [2.05, 4.69) is 36.3 Å². The number of hydrogen-bond donors (Lipinski definition) is 1. The van der Waals surface area contributed by atoms with Gasteiger partial charge in [-0.05, 0) is 23.4 Å². The zero-order valence-corrected chi connectivity index (χ0v) is 9.76. The smallest absolute Gasteiger partial charge is 0.102 e. The van der Waals surface area contributed by atoms with Gasteiger partial charge in [-0.25, -0.2) is 0 Å². The van der Waals surface area contributed by atoms with Crippen molar-refractivity contribution in [2.24, 2.45) is 0 Å². The van der Waals surface area contributed by atoms with E-state index in [1.54, 1.807) is 11.3 Å². The number of rotatable bonds is 1. The average molecular weight is 221 g/mol. The van der Waals surface area contributed by atoms with E-state index in [4.69, 9.17) is 0 Å². The van der Waals surface area contributed by atoms with Crippen molar-refractivity contribution in [1.29, 1.82) is 0 Å². The first kappa shape index (κ1) is 8.50. The minimum atomic E-state index is 0.634. The average Bonchev–Trinajstić information content (AvgIpc) is 2.70. The molecule has 0 bridgehead atoms. The van der Waals surface area contributed by atoms with Gasteiger partial charge in [0, 0.05) is 10.3 Å². The Kier molecular flexibility index (Phi) is 1.73. The molecule has 0 radical (unpaired) electrons. The van der Waals surface area contributed by atoms with Crippen LogP contribution < -0.4 is 0 Å². The van der Waals surface area contributed by atoms with Crippen LogP contribution in [0.4, 0.5) is 0 Å². The molecule has 0 aliphatic carbocycles. The number of fused-ring (bicyclic) bond motifs is 3. The van der Waals surface area contributed by atoms with Crippen molar-refractivity contribution in [3.8, 4) is 0 Å². The van der Waals surface area contributed by atoms with Crippen LogP contribution in [0, 0.1) is 0 Å². The summed E-state index contributed by atoms with van der Waals surface area (Å²) in [6, 6.07) is 4.50. The molecular formula is C11H11NS2. The molecule has 14 heavy (non-hydrogen) atoms. The molecule has 0 fully saturated rings. The fourth-order valence-electron chi connectivity index (χ4n) is 1.69. The maximum atomic E-state index is 3.46. The van der Waals surface area contributed by atoms with Gasteiger partial charge in [-0.1, -0.05) is 13.8 Å². The number of aromatic amines is 1. The fourth-order valence-corrected chi connectivity index (χ4v) is 3.71. The van der Waals surface area contributed by atoms with E-state index in [0.717, 1.165) is 0 Å². The van der Waals surface area contributed by atoms with Gasteiger partial charge in [-0.2, -0.15) is 0 Å². The Morgan fingerprint density at radius 2 is 2.21 bits per heavy atom. The van der Waals surface area contributed by atoms with Crippen molar-refractivity contribution >= 4 is 43.1 Å². The summed E-state index contributed by atoms with van der Waals surface area (Å²) in [5.74, 6) is 0.634. The normalized spacial score (nSPS) is 12.2. The summed E-state index contributed by atoms with van der Waals surface area (Å²) < 4.78 is 1.42. The molecule has 0 saturated heterocycles. The maximum Gasteiger partial charge on any atom is 0.102 e. The van der Waals surface area contributed by atoms with Gasteiger partial charge in [-0.15, -0.1) is 22.7 Å². The largest absolute Gasteiger partial charge is 0.346 e. The van der Waals surface area contributed by atoms with Crippen molar-refractivity contribution in [2.75, 3.05) is 0 Å². The molecular weight excluding hydrogens is 210 g/mol. The van der Waals surface area contributed by atoms with Gasteiger partial charge in [0.15, 0.2) is 0 Å². The topological polar surface area (TPSA) is 15.8 Å². The van der Waals surface area contributed by atoms with E-state index in [1.807, 2.05) is 11.3 Å². The van der Waals surface area contributed by atoms with Crippen molar-refractivity contribution < 1.29 is 0 Å². The number of aromatic nitrogens is 1. The third kappa shape index (κ3) is 1.06. The zero-order chi connectivity index (χ0) is 9.71.